The summed E-state index contributed by atoms with van der Waals surface area (Å²) >= 11 is 0. The molecular weight excluding hydrogens is 202 g/mol. The van der Waals surface area contributed by atoms with Crippen LogP contribution in [0, 0.1) is 0 Å². The number of carbonyl (C=O) groups is 1. The van der Waals surface area contributed by atoms with Crippen molar-refractivity contribution >= 4 is 5.97 Å². The second-order valence-corrected chi connectivity index (χ2v) is 4.38. The number of rotatable bonds is 11. The Kier molecular flexibility index (Phi) is 12.1. The van der Waals surface area contributed by atoms with Crippen LogP contribution in [0.5, 0.6) is 0 Å². The minimum Gasteiger partial charge on any atom is -0.466 e. The molecule has 0 aliphatic heterocycles. The maximum Gasteiger partial charge on any atom is 0.305 e. The zero-order valence-corrected chi connectivity index (χ0v) is 11.1. The van der Waals surface area contributed by atoms with Crippen molar-refractivity contribution in [2.45, 2.75) is 78.1 Å². The molecule has 0 aliphatic rings. The van der Waals surface area contributed by atoms with Crippen molar-refractivity contribution in [3.05, 3.63) is 0 Å². The molecule has 96 valence electrons. The van der Waals surface area contributed by atoms with E-state index in [2.05, 4.69) is 6.92 Å². The van der Waals surface area contributed by atoms with Crippen molar-refractivity contribution in [1.82, 2.24) is 0 Å². The molecule has 0 spiro atoms. The second-order valence-electron chi connectivity index (χ2n) is 4.38. The van der Waals surface area contributed by atoms with Crippen LogP contribution in [0.4, 0.5) is 0 Å². The molecule has 0 unspecified atom stereocenters. The highest BCUT2D eigenvalue weighted by molar-refractivity contribution is 5.69. The Morgan fingerprint density at radius 3 is 2.06 bits per heavy atom. The standard InChI is InChI=1S/C14H28O2/c1-3-5-6-7-8-9-10-11-12-13-14(15)16-4-2/h3-13H2,1-2H3/i13+2. The van der Waals surface area contributed by atoms with Gasteiger partial charge in [0.05, 0.1) is 6.61 Å². The summed E-state index contributed by atoms with van der Waals surface area (Å²) in [5.74, 6) is -0.0366. The van der Waals surface area contributed by atoms with E-state index >= 15 is 0 Å². The van der Waals surface area contributed by atoms with Gasteiger partial charge >= 0.3 is 5.97 Å². The van der Waals surface area contributed by atoms with Gasteiger partial charge in [-0.15, -0.1) is 0 Å². The van der Waals surface area contributed by atoms with Crippen molar-refractivity contribution in [2.24, 2.45) is 0 Å². The van der Waals surface area contributed by atoms with Crippen LogP contribution in [-0.2, 0) is 9.53 Å². The molecule has 0 N–H and O–H groups in total. The van der Waals surface area contributed by atoms with Crippen LogP contribution in [0.3, 0.4) is 0 Å². The SMILES string of the molecule is CCCCCCCCCC[14CH2]C(=O)OCC. The first-order valence-electron chi connectivity index (χ1n) is 6.96. The van der Waals surface area contributed by atoms with E-state index in [0.29, 0.717) is 13.0 Å². The molecule has 2 nitrogen and oxygen atoms in total. The molecular formula is C14H28O2. The molecule has 0 aromatic carbocycles. The average Bonchev–Trinajstić information content (AvgIpc) is 2.27. The van der Waals surface area contributed by atoms with Crippen LogP contribution < -0.4 is 0 Å². The van der Waals surface area contributed by atoms with Crippen LogP contribution in [-0.4, -0.2) is 12.6 Å². The number of unbranched alkanes of at least 4 members (excludes halogenated alkanes) is 8. The fourth-order valence-electron chi connectivity index (χ4n) is 1.81. The van der Waals surface area contributed by atoms with E-state index < -0.39 is 0 Å². The smallest absolute Gasteiger partial charge is 0.305 e. The summed E-state index contributed by atoms with van der Waals surface area (Å²) in [6.45, 7) is 4.61. The van der Waals surface area contributed by atoms with Gasteiger partial charge in [-0.25, -0.2) is 0 Å². The molecule has 16 heavy (non-hydrogen) atoms. The highest BCUT2D eigenvalue weighted by Gasteiger charge is 2.00. The van der Waals surface area contributed by atoms with Gasteiger partial charge in [0.1, 0.15) is 0 Å². The van der Waals surface area contributed by atoms with Gasteiger partial charge in [-0.05, 0) is 13.3 Å². The predicted molar refractivity (Wildman–Crippen MR) is 68.5 cm³/mol. The lowest BCUT2D eigenvalue weighted by atomic mass is 10.1. The molecule has 0 aromatic heterocycles. The quantitative estimate of drug-likeness (QED) is 0.386. The number of hydrogen-bond acceptors (Lipinski definition) is 2. The molecule has 0 atom stereocenters. The molecule has 0 amide bonds. The van der Waals surface area contributed by atoms with Crippen molar-refractivity contribution in [3.63, 3.8) is 0 Å². The molecule has 0 radical (unpaired) electrons. The second kappa shape index (κ2) is 12.5. The third kappa shape index (κ3) is 11.5. The summed E-state index contributed by atoms with van der Waals surface area (Å²) < 4.78 is 4.87. The van der Waals surface area contributed by atoms with Gasteiger partial charge in [-0.1, -0.05) is 58.3 Å². The molecule has 0 aliphatic carbocycles. The van der Waals surface area contributed by atoms with Crippen LogP contribution in [0.2, 0.25) is 0 Å². The van der Waals surface area contributed by atoms with Crippen LogP contribution in [0.1, 0.15) is 78.1 Å². The van der Waals surface area contributed by atoms with E-state index in [9.17, 15) is 4.79 Å². The third-order valence-electron chi connectivity index (χ3n) is 2.79. The lowest BCUT2D eigenvalue weighted by Crippen LogP contribution is -2.03. The Morgan fingerprint density at radius 2 is 1.50 bits per heavy atom. The van der Waals surface area contributed by atoms with Gasteiger partial charge in [-0.2, -0.15) is 0 Å². The summed E-state index contributed by atoms with van der Waals surface area (Å²) in [6.07, 6.45) is 12.2. The molecule has 2 heteroatoms. The minimum absolute atomic E-state index is 0.0366. The fourth-order valence-corrected chi connectivity index (χ4v) is 1.81. The number of ether oxygens (including phenoxy) is 1. The molecule has 0 rings (SSSR count). The predicted octanol–water partition coefficient (Wildman–Crippen LogP) is 4.47. The monoisotopic (exact) mass is 230 g/mol. The average molecular weight is 230 g/mol. The first-order valence-corrected chi connectivity index (χ1v) is 6.96. The van der Waals surface area contributed by atoms with Crippen molar-refractivity contribution in [2.75, 3.05) is 6.61 Å². The van der Waals surface area contributed by atoms with Gasteiger partial charge < -0.3 is 4.74 Å². The molecule has 0 saturated heterocycles. The van der Waals surface area contributed by atoms with Crippen molar-refractivity contribution in [3.8, 4) is 0 Å². The summed E-state index contributed by atoms with van der Waals surface area (Å²) in [7, 11) is 0. The van der Waals surface area contributed by atoms with Gasteiger partial charge in [0, 0.05) is 6.42 Å². The number of carbonyl (C=O) groups excluding carboxylic acids is 1. The number of hydrogen-bond donors (Lipinski definition) is 0. The van der Waals surface area contributed by atoms with Gasteiger partial charge in [0.2, 0.25) is 0 Å². The Bertz CT molecular complexity index is 155. The molecule has 0 heterocycles. The van der Waals surface area contributed by atoms with Gasteiger partial charge in [0.25, 0.3) is 0 Å². The molecule has 0 saturated carbocycles. The van der Waals surface area contributed by atoms with Crippen LogP contribution in [0.15, 0.2) is 0 Å². The maximum atomic E-state index is 11.0. The van der Waals surface area contributed by atoms with Crippen molar-refractivity contribution < 1.29 is 9.53 Å². The van der Waals surface area contributed by atoms with Crippen LogP contribution in [0.25, 0.3) is 0 Å². The Balaban J connectivity index is 3.01. The summed E-state index contributed by atoms with van der Waals surface area (Å²) in [6, 6.07) is 0. The van der Waals surface area contributed by atoms with E-state index in [1.54, 1.807) is 0 Å². The Morgan fingerprint density at radius 1 is 0.938 bits per heavy atom. The molecule has 0 bridgehead atoms. The topological polar surface area (TPSA) is 26.3 Å². The van der Waals surface area contributed by atoms with E-state index in [1.165, 1.54) is 51.4 Å². The lowest BCUT2D eigenvalue weighted by Gasteiger charge is -2.02. The zero-order valence-electron chi connectivity index (χ0n) is 11.1. The summed E-state index contributed by atoms with van der Waals surface area (Å²) in [4.78, 5) is 11.0. The third-order valence-corrected chi connectivity index (χ3v) is 2.79. The fraction of sp³-hybridized carbons (Fsp3) is 0.929. The first-order chi connectivity index (χ1) is 7.81. The Labute approximate surface area is 101 Å². The summed E-state index contributed by atoms with van der Waals surface area (Å²) in [5, 5.41) is 0. The summed E-state index contributed by atoms with van der Waals surface area (Å²) in [5.41, 5.74) is 0. The van der Waals surface area contributed by atoms with E-state index in [0.717, 1.165) is 6.42 Å². The zero-order chi connectivity index (χ0) is 12.1. The first kappa shape index (κ1) is 15.5. The van der Waals surface area contributed by atoms with Crippen molar-refractivity contribution in [1.29, 1.82) is 0 Å². The maximum absolute atomic E-state index is 11.0. The molecule has 0 aromatic rings. The highest BCUT2D eigenvalue weighted by atomic mass is 16.5. The van der Waals surface area contributed by atoms with E-state index in [4.69, 9.17) is 4.74 Å². The van der Waals surface area contributed by atoms with Gasteiger partial charge in [-0.3, -0.25) is 4.79 Å². The lowest BCUT2D eigenvalue weighted by molar-refractivity contribution is -0.143. The minimum atomic E-state index is -0.0366. The Hall–Kier alpha value is -0.530. The largest absolute Gasteiger partial charge is 0.466 e. The molecule has 0 fully saturated rings. The van der Waals surface area contributed by atoms with E-state index in [-0.39, 0.29) is 5.97 Å². The van der Waals surface area contributed by atoms with Gasteiger partial charge in [0.15, 0.2) is 0 Å². The highest BCUT2D eigenvalue weighted by Crippen LogP contribution is 2.10. The number of esters is 1. The normalized spacial score (nSPS) is 10.4. The van der Waals surface area contributed by atoms with E-state index in [1.807, 2.05) is 6.92 Å². The van der Waals surface area contributed by atoms with Crippen LogP contribution >= 0.6 is 0 Å².